The van der Waals surface area contributed by atoms with Crippen LogP contribution in [-0.2, 0) is 4.79 Å². The summed E-state index contributed by atoms with van der Waals surface area (Å²) < 4.78 is 0. The first-order valence-electron chi connectivity index (χ1n) is 9.60. The minimum absolute atomic E-state index is 0.205. The van der Waals surface area contributed by atoms with E-state index in [4.69, 9.17) is 0 Å². The van der Waals surface area contributed by atoms with Crippen molar-refractivity contribution in [2.75, 3.05) is 51.7 Å². The first-order chi connectivity index (χ1) is 12.1. The molecule has 2 aliphatic rings. The fourth-order valence-corrected chi connectivity index (χ4v) is 3.95. The molecular formula is C20H32N4O. The zero-order valence-electron chi connectivity index (χ0n) is 15.7. The van der Waals surface area contributed by atoms with Crippen LogP contribution in [0.2, 0.25) is 0 Å². The standard InChI is InChI=1S/C20H32N4O/c1-22-12-10-19(16-22)23(2)13-11-20(25)21-17-8-14-24(15-9-17)18-6-4-3-5-7-18/h3-7,17,19H,8-16H2,1-2H3,(H,21,25)/t19-/m1/s1. The topological polar surface area (TPSA) is 38.8 Å². The maximum Gasteiger partial charge on any atom is 0.221 e. The van der Waals surface area contributed by atoms with Crippen LogP contribution in [0.15, 0.2) is 30.3 Å². The molecular weight excluding hydrogens is 312 g/mol. The van der Waals surface area contributed by atoms with Crippen molar-refractivity contribution >= 4 is 11.6 Å². The predicted molar refractivity (Wildman–Crippen MR) is 103 cm³/mol. The molecule has 2 fully saturated rings. The number of rotatable bonds is 6. The molecule has 1 aromatic carbocycles. The average Bonchev–Trinajstić information content (AvgIpc) is 3.08. The molecule has 2 heterocycles. The second kappa shape index (κ2) is 8.68. The summed E-state index contributed by atoms with van der Waals surface area (Å²) in [5.41, 5.74) is 1.29. The molecule has 5 heteroatoms. The highest BCUT2D eigenvalue weighted by molar-refractivity contribution is 5.76. The Morgan fingerprint density at radius 2 is 1.88 bits per heavy atom. The van der Waals surface area contributed by atoms with Gasteiger partial charge in [0, 0.05) is 50.4 Å². The minimum atomic E-state index is 0.205. The molecule has 1 N–H and O–H groups in total. The zero-order chi connectivity index (χ0) is 17.6. The molecule has 0 bridgehead atoms. The van der Waals surface area contributed by atoms with Crippen molar-refractivity contribution in [3.05, 3.63) is 30.3 Å². The summed E-state index contributed by atoms with van der Waals surface area (Å²) in [5, 5.41) is 3.24. The number of carbonyl (C=O) groups is 1. The summed E-state index contributed by atoms with van der Waals surface area (Å²) in [4.78, 5) is 19.4. The van der Waals surface area contributed by atoms with E-state index in [1.165, 1.54) is 18.7 Å². The molecule has 2 saturated heterocycles. The molecule has 0 aromatic heterocycles. The van der Waals surface area contributed by atoms with Crippen molar-refractivity contribution in [1.29, 1.82) is 0 Å². The quantitative estimate of drug-likeness (QED) is 0.854. The maximum absolute atomic E-state index is 12.3. The number of piperidine rings is 1. The summed E-state index contributed by atoms with van der Waals surface area (Å²) in [6.07, 6.45) is 3.88. The first kappa shape index (κ1) is 18.2. The second-order valence-electron chi connectivity index (χ2n) is 7.60. The molecule has 5 nitrogen and oxygen atoms in total. The molecule has 25 heavy (non-hydrogen) atoms. The molecule has 2 aliphatic heterocycles. The van der Waals surface area contributed by atoms with Gasteiger partial charge in [0.25, 0.3) is 0 Å². The average molecular weight is 345 g/mol. The van der Waals surface area contributed by atoms with Gasteiger partial charge in [0.2, 0.25) is 5.91 Å². The van der Waals surface area contributed by atoms with Crippen molar-refractivity contribution in [2.45, 2.75) is 37.8 Å². The third-order valence-electron chi connectivity index (χ3n) is 5.66. The lowest BCUT2D eigenvalue weighted by molar-refractivity contribution is -0.122. The Kier molecular flexibility index (Phi) is 6.32. The van der Waals surface area contributed by atoms with E-state index in [0.29, 0.717) is 18.5 Å². The Balaban J connectivity index is 1.35. The number of amides is 1. The highest BCUT2D eigenvalue weighted by Crippen LogP contribution is 2.19. The van der Waals surface area contributed by atoms with Gasteiger partial charge in [-0.05, 0) is 52.0 Å². The van der Waals surface area contributed by atoms with Crippen LogP contribution < -0.4 is 10.2 Å². The molecule has 3 rings (SSSR count). The van der Waals surface area contributed by atoms with Crippen molar-refractivity contribution in [3.8, 4) is 0 Å². The van der Waals surface area contributed by atoms with Crippen molar-refractivity contribution in [2.24, 2.45) is 0 Å². The molecule has 0 spiro atoms. The van der Waals surface area contributed by atoms with Gasteiger partial charge >= 0.3 is 0 Å². The Morgan fingerprint density at radius 3 is 2.52 bits per heavy atom. The molecule has 1 aromatic rings. The Hall–Kier alpha value is -1.59. The van der Waals surface area contributed by atoms with Gasteiger partial charge in [-0.2, -0.15) is 0 Å². The number of hydrogen-bond donors (Lipinski definition) is 1. The van der Waals surface area contributed by atoms with Gasteiger partial charge in [-0.3, -0.25) is 4.79 Å². The lowest BCUT2D eigenvalue weighted by atomic mass is 10.0. The summed E-state index contributed by atoms with van der Waals surface area (Å²) in [7, 11) is 4.32. The van der Waals surface area contributed by atoms with Crippen LogP contribution in [0.3, 0.4) is 0 Å². The van der Waals surface area contributed by atoms with E-state index >= 15 is 0 Å². The van der Waals surface area contributed by atoms with Crippen molar-refractivity contribution in [1.82, 2.24) is 15.1 Å². The highest BCUT2D eigenvalue weighted by atomic mass is 16.1. The Morgan fingerprint density at radius 1 is 1.16 bits per heavy atom. The number of carbonyl (C=O) groups excluding carboxylic acids is 1. The largest absolute Gasteiger partial charge is 0.371 e. The number of para-hydroxylation sites is 1. The first-order valence-corrected chi connectivity index (χ1v) is 9.60. The molecule has 1 atom stereocenters. The van der Waals surface area contributed by atoms with Gasteiger partial charge < -0.3 is 20.0 Å². The van der Waals surface area contributed by atoms with Crippen LogP contribution in [0.25, 0.3) is 0 Å². The van der Waals surface area contributed by atoms with E-state index in [2.05, 4.69) is 64.4 Å². The normalized spacial score (nSPS) is 22.5. The molecule has 0 unspecified atom stereocenters. The van der Waals surface area contributed by atoms with Crippen LogP contribution in [0, 0.1) is 0 Å². The zero-order valence-corrected chi connectivity index (χ0v) is 15.7. The number of hydrogen-bond acceptors (Lipinski definition) is 4. The molecule has 138 valence electrons. The van der Waals surface area contributed by atoms with Gasteiger partial charge in [0.15, 0.2) is 0 Å². The van der Waals surface area contributed by atoms with Gasteiger partial charge in [0.05, 0.1) is 0 Å². The van der Waals surface area contributed by atoms with E-state index in [1.54, 1.807) is 0 Å². The lowest BCUT2D eigenvalue weighted by Gasteiger charge is -2.34. The van der Waals surface area contributed by atoms with Crippen LogP contribution >= 0.6 is 0 Å². The second-order valence-corrected chi connectivity index (χ2v) is 7.60. The van der Waals surface area contributed by atoms with Crippen molar-refractivity contribution < 1.29 is 4.79 Å². The molecule has 0 radical (unpaired) electrons. The fraction of sp³-hybridized carbons (Fsp3) is 0.650. The fourth-order valence-electron chi connectivity index (χ4n) is 3.95. The monoisotopic (exact) mass is 344 g/mol. The summed E-state index contributed by atoms with van der Waals surface area (Å²) in [6, 6.07) is 11.5. The number of nitrogens with one attached hydrogen (secondary N) is 1. The summed E-state index contributed by atoms with van der Waals surface area (Å²) >= 11 is 0. The number of benzene rings is 1. The smallest absolute Gasteiger partial charge is 0.221 e. The predicted octanol–water partition coefficient (Wildman–Crippen LogP) is 1.80. The number of nitrogens with zero attached hydrogens (tertiary/aromatic N) is 3. The highest BCUT2D eigenvalue weighted by Gasteiger charge is 2.24. The molecule has 0 aliphatic carbocycles. The van der Waals surface area contributed by atoms with Crippen LogP contribution in [0.4, 0.5) is 5.69 Å². The van der Waals surface area contributed by atoms with E-state index in [-0.39, 0.29) is 5.91 Å². The summed E-state index contributed by atoms with van der Waals surface area (Å²) in [5.74, 6) is 0.205. The Bertz CT molecular complexity index is 542. The molecule has 1 amide bonds. The lowest BCUT2D eigenvalue weighted by Crippen LogP contribution is -2.45. The number of anilines is 1. The van der Waals surface area contributed by atoms with Gasteiger partial charge in [-0.15, -0.1) is 0 Å². The minimum Gasteiger partial charge on any atom is -0.371 e. The van der Waals surface area contributed by atoms with Crippen LogP contribution in [0.1, 0.15) is 25.7 Å². The van der Waals surface area contributed by atoms with Gasteiger partial charge in [0.1, 0.15) is 0 Å². The maximum atomic E-state index is 12.3. The Labute approximate surface area is 152 Å². The van der Waals surface area contributed by atoms with E-state index < -0.39 is 0 Å². The summed E-state index contributed by atoms with van der Waals surface area (Å²) in [6.45, 7) is 5.18. The number of likely N-dealkylation sites (N-methyl/N-ethyl adjacent to an activating group) is 2. The third-order valence-corrected chi connectivity index (χ3v) is 5.66. The van der Waals surface area contributed by atoms with Crippen molar-refractivity contribution in [3.63, 3.8) is 0 Å². The van der Waals surface area contributed by atoms with Crippen LogP contribution in [0.5, 0.6) is 0 Å². The number of likely N-dealkylation sites (tertiary alicyclic amines) is 1. The van der Waals surface area contributed by atoms with E-state index in [0.717, 1.165) is 39.0 Å². The van der Waals surface area contributed by atoms with Gasteiger partial charge in [-0.1, -0.05) is 18.2 Å². The third kappa shape index (κ3) is 5.19. The van der Waals surface area contributed by atoms with E-state index in [9.17, 15) is 4.79 Å². The molecule has 0 saturated carbocycles. The SMILES string of the molecule is CN1CC[C@@H](N(C)CCC(=O)NC2CCN(c3ccccc3)CC2)C1. The van der Waals surface area contributed by atoms with E-state index in [1.807, 2.05) is 0 Å². The van der Waals surface area contributed by atoms with Gasteiger partial charge in [-0.25, -0.2) is 0 Å². The van der Waals surface area contributed by atoms with Crippen LogP contribution in [-0.4, -0.2) is 74.6 Å².